The zero-order valence-corrected chi connectivity index (χ0v) is 17.7. The van der Waals surface area contributed by atoms with Crippen LogP contribution in [0.1, 0.15) is 16.3 Å². The molecule has 11 heteroatoms. The predicted molar refractivity (Wildman–Crippen MR) is 110 cm³/mol. The maximum atomic E-state index is 12.7. The Balaban J connectivity index is 1.96. The van der Waals surface area contributed by atoms with Crippen LogP contribution >= 0.6 is 11.3 Å². The first-order valence-electron chi connectivity index (χ1n) is 9.06. The van der Waals surface area contributed by atoms with E-state index in [0.717, 1.165) is 28.0 Å². The van der Waals surface area contributed by atoms with Crippen LogP contribution in [0.2, 0.25) is 0 Å². The summed E-state index contributed by atoms with van der Waals surface area (Å²) in [5, 5.41) is 7.26. The molecule has 0 fully saturated rings. The highest BCUT2D eigenvalue weighted by Crippen LogP contribution is 2.29. The van der Waals surface area contributed by atoms with Gasteiger partial charge in [-0.3, -0.25) is 4.79 Å². The second-order valence-electron chi connectivity index (χ2n) is 6.46. The maximum Gasteiger partial charge on any atom is 0.434 e. The van der Waals surface area contributed by atoms with Crippen LogP contribution in [0.4, 0.5) is 13.2 Å². The van der Waals surface area contributed by atoms with Crippen LogP contribution in [0.15, 0.2) is 34.6 Å². The van der Waals surface area contributed by atoms with E-state index in [0.29, 0.717) is 18.9 Å². The van der Waals surface area contributed by atoms with Crippen molar-refractivity contribution in [2.75, 3.05) is 34.3 Å². The van der Waals surface area contributed by atoms with Crippen molar-refractivity contribution >= 4 is 23.2 Å². The number of aromatic nitrogens is 1. The number of rotatable bonds is 8. The average molecular weight is 443 g/mol. The van der Waals surface area contributed by atoms with Crippen LogP contribution in [0.5, 0.6) is 5.75 Å². The molecule has 30 heavy (non-hydrogen) atoms. The first-order valence-corrected chi connectivity index (χ1v) is 9.94. The molecule has 7 nitrogen and oxygen atoms in total. The van der Waals surface area contributed by atoms with Crippen molar-refractivity contribution in [3.63, 3.8) is 0 Å². The van der Waals surface area contributed by atoms with Crippen LogP contribution < -0.4 is 15.4 Å². The molecule has 1 aromatic carbocycles. The van der Waals surface area contributed by atoms with Crippen molar-refractivity contribution in [2.24, 2.45) is 4.99 Å². The molecule has 0 spiro atoms. The number of hydrogen-bond donors (Lipinski definition) is 2. The van der Waals surface area contributed by atoms with Gasteiger partial charge in [-0.05, 0) is 24.1 Å². The summed E-state index contributed by atoms with van der Waals surface area (Å²) in [7, 11) is 4.84. The van der Waals surface area contributed by atoms with Gasteiger partial charge in [0.2, 0.25) is 5.91 Å². The fourth-order valence-corrected chi connectivity index (χ4v) is 3.00. The van der Waals surface area contributed by atoms with Gasteiger partial charge in [0, 0.05) is 26.0 Å². The summed E-state index contributed by atoms with van der Waals surface area (Å²) < 4.78 is 43.2. The Bertz CT molecular complexity index is 851. The predicted octanol–water partition coefficient (Wildman–Crippen LogP) is 2.54. The number of hydrogen-bond acceptors (Lipinski definition) is 5. The smallest absolute Gasteiger partial charge is 0.434 e. The van der Waals surface area contributed by atoms with Gasteiger partial charge >= 0.3 is 6.18 Å². The monoisotopic (exact) mass is 443 g/mol. The zero-order valence-electron chi connectivity index (χ0n) is 16.9. The number of carbonyl (C=O) groups excluding carboxylic acids is 1. The zero-order chi connectivity index (χ0) is 22.1. The lowest BCUT2D eigenvalue weighted by atomic mass is 10.1. The number of carbonyl (C=O) groups is 1. The molecule has 0 aliphatic heterocycles. The van der Waals surface area contributed by atoms with Crippen molar-refractivity contribution in [3.8, 4) is 5.75 Å². The molecule has 2 rings (SSSR count). The summed E-state index contributed by atoms with van der Waals surface area (Å²) in [5.74, 6) is 0.891. The maximum absolute atomic E-state index is 12.7. The molecule has 1 aromatic heterocycles. The normalized spacial score (nSPS) is 11.9. The first-order chi connectivity index (χ1) is 14.2. The fourth-order valence-electron chi connectivity index (χ4n) is 2.26. The minimum absolute atomic E-state index is 0.0608. The minimum Gasteiger partial charge on any atom is -0.497 e. The number of methoxy groups -OCH3 is 1. The molecule has 0 saturated carbocycles. The van der Waals surface area contributed by atoms with Crippen LogP contribution in [-0.4, -0.2) is 56.0 Å². The molecule has 0 radical (unpaired) electrons. The summed E-state index contributed by atoms with van der Waals surface area (Å²) in [6.07, 6.45) is -3.79. The summed E-state index contributed by atoms with van der Waals surface area (Å²) in [6.45, 7) is 0.488. The minimum atomic E-state index is -4.47. The van der Waals surface area contributed by atoms with Crippen LogP contribution in [0, 0.1) is 0 Å². The van der Waals surface area contributed by atoms with E-state index in [1.54, 1.807) is 21.2 Å². The molecule has 164 valence electrons. The molecule has 1 heterocycles. The number of benzene rings is 1. The Morgan fingerprint density at radius 3 is 2.50 bits per heavy atom. The third-order valence-corrected chi connectivity index (χ3v) is 4.83. The molecule has 0 unspecified atom stereocenters. The largest absolute Gasteiger partial charge is 0.497 e. The Morgan fingerprint density at radius 1 is 1.23 bits per heavy atom. The van der Waals surface area contributed by atoms with E-state index in [2.05, 4.69) is 20.6 Å². The van der Waals surface area contributed by atoms with Gasteiger partial charge in [0.25, 0.3) is 0 Å². The van der Waals surface area contributed by atoms with Gasteiger partial charge < -0.3 is 20.3 Å². The molecule has 0 saturated heterocycles. The second kappa shape index (κ2) is 10.8. The highest BCUT2D eigenvalue weighted by molar-refractivity contribution is 7.09. The van der Waals surface area contributed by atoms with Crippen molar-refractivity contribution in [1.82, 2.24) is 20.5 Å². The fraction of sp³-hybridized carbons (Fsp3) is 0.421. The summed E-state index contributed by atoms with van der Waals surface area (Å²) in [5.41, 5.74) is 0.153. The molecule has 0 aliphatic carbocycles. The summed E-state index contributed by atoms with van der Waals surface area (Å²) in [4.78, 5) is 21.0. The molecule has 0 atom stereocenters. The number of likely N-dealkylation sites (N-methyl/N-ethyl adjacent to an activating group) is 1. The Hall–Kier alpha value is -2.82. The number of amides is 1. The van der Waals surface area contributed by atoms with Gasteiger partial charge in [0.1, 0.15) is 17.3 Å². The van der Waals surface area contributed by atoms with E-state index < -0.39 is 11.9 Å². The van der Waals surface area contributed by atoms with E-state index in [1.165, 1.54) is 4.90 Å². The molecule has 2 aromatic rings. The van der Waals surface area contributed by atoms with Gasteiger partial charge in [-0.1, -0.05) is 12.1 Å². The molecular weight excluding hydrogens is 419 g/mol. The number of ether oxygens (including phenoxy) is 1. The van der Waals surface area contributed by atoms with Crippen LogP contribution in [0.25, 0.3) is 0 Å². The van der Waals surface area contributed by atoms with Gasteiger partial charge in [-0.15, -0.1) is 11.3 Å². The van der Waals surface area contributed by atoms with Crippen LogP contribution in [0.3, 0.4) is 0 Å². The third-order valence-electron chi connectivity index (χ3n) is 3.99. The lowest BCUT2D eigenvalue weighted by molar-refractivity contribution is -0.140. The highest BCUT2D eigenvalue weighted by Gasteiger charge is 2.33. The van der Waals surface area contributed by atoms with E-state index in [4.69, 9.17) is 4.74 Å². The van der Waals surface area contributed by atoms with Crippen molar-refractivity contribution in [3.05, 3.63) is 45.9 Å². The van der Waals surface area contributed by atoms with Crippen LogP contribution in [-0.2, 0) is 23.9 Å². The van der Waals surface area contributed by atoms with Crippen molar-refractivity contribution in [1.29, 1.82) is 0 Å². The van der Waals surface area contributed by atoms with Gasteiger partial charge in [0.15, 0.2) is 11.7 Å². The molecule has 0 bridgehead atoms. The average Bonchev–Trinajstić information content (AvgIpc) is 3.19. The number of thiazole rings is 1. The van der Waals surface area contributed by atoms with E-state index in [-0.39, 0.29) is 24.0 Å². The summed E-state index contributed by atoms with van der Waals surface area (Å²) in [6, 6.07) is 7.60. The SMILES string of the molecule is COc1ccc(CCNC(=NCC(=O)N(C)C)NCc2nc(C(F)(F)F)cs2)cc1. The van der Waals surface area contributed by atoms with E-state index in [1.807, 2.05) is 24.3 Å². The Kier molecular flexibility index (Phi) is 8.46. The topological polar surface area (TPSA) is 78.8 Å². The number of nitrogens with one attached hydrogen (secondary N) is 2. The number of aliphatic imine (C=N–C) groups is 1. The summed E-state index contributed by atoms with van der Waals surface area (Å²) >= 11 is 0.908. The first kappa shape index (κ1) is 23.5. The standard InChI is InChI=1S/C19H24F3N5O2S/c1-27(2)17(28)11-25-18(23-9-8-13-4-6-14(29-3)7-5-13)24-10-16-26-15(12-30-16)19(20,21)22/h4-7,12H,8-11H2,1-3H3,(H2,23,24,25). The Morgan fingerprint density at radius 2 is 1.93 bits per heavy atom. The van der Waals surface area contributed by atoms with Gasteiger partial charge in [-0.25, -0.2) is 9.98 Å². The molecular formula is C19H24F3N5O2S. The van der Waals surface area contributed by atoms with E-state index in [9.17, 15) is 18.0 Å². The number of halogens is 3. The van der Waals surface area contributed by atoms with E-state index >= 15 is 0 Å². The lowest BCUT2D eigenvalue weighted by Gasteiger charge is -2.13. The van der Waals surface area contributed by atoms with Crippen molar-refractivity contribution < 1.29 is 22.7 Å². The molecule has 0 aliphatic rings. The van der Waals surface area contributed by atoms with Crippen molar-refractivity contribution in [2.45, 2.75) is 19.1 Å². The van der Waals surface area contributed by atoms with Gasteiger partial charge in [0.05, 0.1) is 13.7 Å². The third kappa shape index (κ3) is 7.54. The second-order valence-corrected chi connectivity index (χ2v) is 7.40. The molecule has 2 N–H and O–H groups in total. The quantitative estimate of drug-likeness (QED) is 0.484. The Labute approximate surface area is 177 Å². The highest BCUT2D eigenvalue weighted by atomic mass is 32.1. The number of nitrogens with zero attached hydrogens (tertiary/aromatic N) is 3. The number of alkyl halides is 3. The lowest BCUT2D eigenvalue weighted by Crippen LogP contribution is -2.39. The molecule has 1 amide bonds. The van der Waals surface area contributed by atoms with Gasteiger partial charge in [-0.2, -0.15) is 13.2 Å². The number of guanidine groups is 1.